The Balaban J connectivity index is 0.000000345. The van der Waals surface area contributed by atoms with Crippen molar-refractivity contribution in [2.24, 2.45) is 0 Å². The molecule has 28 heavy (non-hydrogen) atoms. The monoisotopic (exact) mass is 420 g/mol. The lowest BCUT2D eigenvalue weighted by atomic mass is 10.3. The van der Waals surface area contributed by atoms with Gasteiger partial charge in [0.1, 0.15) is 5.82 Å². The number of aliphatic carboxylic acids is 1. The third-order valence-electron chi connectivity index (χ3n) is 3.81. The van der Waals surface area contributed by atoms with E-state index in [0.717, 1.165) is 25.3 Å². The van der Waals surface area contributed by atoms with Crippen molar-refractivity contribution in [1.82, 2.24) is 28.9 Å². The number of carboxylic acid groups (broad SMARTS) is 1. The fraction of sp³-hybridized carbons (Fsp3) is 0.533. The number of nitrogens with zero attached hydrogens (tertiary/aromatic N) is 6. The van der Waals surface area contributed by atoms with Crippen LogP contribution in [0.2, 0.25) is 0 Å². The van der Waals surface area contributed by atoms with Crippen LogP contribution in [0.15, 0.2) is 11.6 Å². The first-order valence-corrected chi connectivity index (χ1v) is 8.97. The minimum Gasteiger partial charge on any atom is -0.475 e. The molecule has 2 aromatic heterocycles. The molecule has 13 heteroatoms. The lowest BCUT2D eigenvalue weighted by Gasteiger charge is -2.19. The normalized spacial score (nSPS) is 14.1. The van der Waals surface area contributed by atoms with Gasteiger partial charge >= 0.3 is 12.1 Å². The van der Waals surface area contributed by atoms with Crippen LogP contribution in [0.5, 0.6) is 0 Å². The molecule has 0 bridgehead atoms. The summed E-state index contributed by atoms with van der Waals surface area (Å²) in [6.07, 6.45) is -2.37. The van der Waals surface area contributed by atoms with Crippen LogP contribution < -0.4 is 0 Å². The topological polar surface area (TPSA) is 104 Å². The van der Waals surface area contributed by atoms with Gasteiger partial charge in [-0.25, -0.2) is 9.78 Å². The van der Waals surface area contributed by atoms with Crippen molar-refractivity contribution in [3.8, 4) is 0 Å². The highest BCUT2D eigenvalue weighted by atomic mass is 32.1. The van der Waals surface area contributed by atoms with Gasteiger partial charge in [-0.2, -0.15) is 13.2 Å². The second kappa shape index (κ2) is 9.10. The van der Waals surface area contributed by atoms with E-state index < -0.39 is 12.1 Å². The Bertz CT molecular complexity index is 807. The smallest absolute Gasteiger partial charge is 0.475 e. The highest BCUT2D eigenvalue weighted by molar-refractivity contribution is 7.03. The van der Waals surface area contributed by atoms with Gasteiger partial charge in [0, 0.05) is 44.2 Å². The molecule has 0 unspecified atom stereocenters. The van der Waals surface area contributed by atoms with E-state index in [1.54, 1.807) is 5.38 Å². The Labute approximate surface area is 162 Å². The summed E-state index contributed by atoms with van der Waals surface area (Å²) in [7, 11) is 4.09. The van der Waals surface area contributed by atoms with Crippen molar-refractivity contribution in [3.05, 3.63) is 28.8 Å². The molecule has 0 aromatic carbocycles. The molecule has 3 rings (SSSR count). The van der Waals surface area contributed by atoms with Crippen LogP contribution in [-0.4, -0.2) is 79.3 Å². The number of fused-ring (bicyclic) bond motifs is 1. The van der Waals surface area contributed by atoms with E-state index >= 15 is 0 Å². The van der Waals surface area contributed by atoms with Crippen molar-refractivity contribution in [3.63, 3.8) is 0 Å². The zero-order valence-electron chi connectivity index (χ0n) is 15.2. The maximum atomic E-state index is 12.3. The lowest BCUT2D eigenvalue weighted by Crippen LogP contribution is -2.34. The molecule has 1 aliphatic rings. The third kappa shape index (κ3) is 5.73. The Morgan fingerprint density at radius 2 is 1.96 bits per heavy atom. The first kappa shape index (κ1) is 21.8. The minimum absolute atomic E-state index is 0.0383. The highest BCUT2D eigenvalue weighted by Crippen LogP contribution is 2.15. The predicted molar refractivity (Wildman–Crippen MR) is 92.8 cm³/mol. The molecule has 3 heterocycles. The number of imidazole rings is 1. The Kier molecular flexibility index (Phi) is 7.07. The van der Waals surface area contributed by atoms with Gasteiger partial charge in [0.15, 0.2) is 5.69 Å². The first-order valence-electron chi connectivity index (χ1n) is 8.14. The SMILES string of the molecule is CN(C)Cc1cnc2n1CCN(C(=O)c1csnn1)CC2.O=C(O)C(F)(F)F. The number of hydrogen-bond acceptors (Lipinski definition) is 7. The van der Waals surface area contributed by atoms with Gasteiger partial charge in [0.25, 0.3) is 5.91 Å². The summed E-state index contributed by atoms with van der Waals surface area (Å²) in [6.45, 7) is 2.99. The molecular weight excluding hydrogens is 401 g/mol. The predicted octanol–water partition coefficient (Wildman–Crippen LogP) is 1.13. The van der Waals surface area contributed by atoms with Crippen molar-refractivity contribution in [2.75, 3.05) is 27.2 Å². The molecule has 2 aromatic rings. The van der Waals surface area contributed by atoms with Gasteiger partial charge < -0.3 is 19.5 Å². The third-order valence-corrected chi connectivity index (χ3v) is 4.31. The summed E-state index contributed by atoms with van der Waals surface area (Å²) in [6, 6.07) is 0. The van der Waals surface area contributed by atoms with Crippen molar-refractivity contribution < 1.29 is 27.9 Å². The first-order chi connectivity index (χ1) is 13.1. The van der Waals surface area contributed by atoms with Crippen molar-refractivity contribution in [1.29, 1.82) is 0 Å². The summed E-state index contributed by atoms with van der Waals surface area (Å²) in [4.78, 5) is 29.7. The number of alkyl halides is 3. The summed E-state index contributed by atoms with van der Waals surface area (Å²) < 4.78 is 37.7. The van der Waals surface area contributed by atoms with Crippen LogP contribution in [-0.2, 0) is 24.3 Å². The van der Waals surface area contributed by atoms with E-state index in [1.165, 1.54) is 17.2 Å². The molecule has 0 saturated heterocycles. The van der Waals surface area contributed by atoms with E-state index in [0.29, 0.717) is 18.8 Å². The number of hydrogen-bond donors (Lipinski definition) is 1. The maximum absolute atomic E-state index is 12.3. The molecule has 0 saturated carbocycles. The highest BCUT2D eigenvalue weighted by Gasteiger charge is 2.38. The van der Waals surface area contributed by atoms with E-state index in [2.05, 4.69) is 24.0 Å². The van der Waals surface area contributed by atoms with Crippen LogP contribution in [0.1, 0.15) is 22.0 Å². The number of carbonyl (C=O) groups is 2. The largest absolute Gasteiger partial charge is 0.490 e. The summed E-state index contributed by atoms with van der Waals surface area (Å²) >= 11 is 1.20. The quantitative estimate of drug-likeness (QED) is 0.794. The van der Waals surface area contributed by atoms with Crippen molar-refractivity contribution in [2.45, 2.75) is 25.7 Å². The molecule has 0 radical (unpaired) electrons. The average Bonchev–Trinajstić information content (AvgIpc) is 3.20. The number of aromatic nitrogens is 4. The molecule has 0 fully saturated rings. The number of rotatable bonds is 3. The molecule has 0 atom stereocenters. The van der Waals surface area contributed by atoms with Gasteiger partial charge in [0.05, 0.1) is 5.69 Å². The van der Waals surface area contributed by atoms with E-state index in [4.69, 9.17) is 9.90 Å². The maximum Gasteiger partial charge on any atom is 0.490 e. The second-order valence-corrected chi connectivity index (χ2v) is 6.80. The van der Waals surface area contributed by atoms with E-state index in [-0.39, 0.29) is 5.91 Å². The van der Waals surface area contributed by atoms with Crippen LogP contribution in [0, 0.1) is 0 Å². The number of carbonyl (C=O) groups excluding carboxylic acids is 1. The fourth-order valence-corrected chi connectivity index (χ4v) is 3.00. The Hall–Kier alpha value is -2.54. The van der Waals surface area contributed by atoms with Crippen LogP contribution in [0.25, 0.3) is 0 Å². The second-order valence-electron chi connectivity index (χ2n) is 6.19. The lowest BCUT2D eigenvalue weighted by molar-refractivity contribution is -0.192. The number of carboxylic acids is 1. The summed E-state index contributed by atoms with van der Waals surface area (Å²) in [5.41, 5.74) is 1.63. The fourth-order valence-electron chi connectivity index (χ4n) is 2.57. The molecular formula is C15H19F3N6O3S. The molecule has 9 nitrogen and oxygen atoms in total. The van der Waals surface area contributed by atoms with Gasteiger partial charge in [-0.05, 0) is 25.6 Å². The molecule has 154 valence electrons. The van der Waals surface area contributed by atoms with Gasteiger partial charge in [-0.15, -0.1) is 5.10 Å². The molecule has 1 N–H and O–H groups in total. The van der Waals surface area contributed by atoms with Crippen molar-refractivity contribution >= 4 is 23.4 Å². The molecule has 0 spiro atoms. The summed E-state index contributed by atoms with van der Waals surface area (Å²) in [5.74, 6) is -1.74. The van der Waals surface area contributed by atoms with Crippen LogP contribution >= 0.6 is 11.5 Å². The Morgan fingerprint density at radius 3 is 2.50 bits per heavy atom. The molecule has 1 amide bonds. The van der Waals surface area contributed by atoms with Gasteiger partial charge in [0.2, 0.25) is 0 Å². The minimum atomic E-state index is -5.08. The van der Waals surface area contributed by atoms with Crippen LogP contribution in [0.4, 0.5) is 13.2 Å². The summed E-state index contributed by atoms with van der Waals surface area (Å²) in [5, 5.41) is 12.7. The zero-order valence-corrected chi connectivity index (χ0v) is 16.0. The number of halogens is 3. The van der Waals surface area contributed by atoms with E-state index in [9.17, 15) is 18.0 Å². The molecule has 0 aliphatic carbocycles. The molecule has 1 aliphatic heterocycles. The standard InChI is InChI=1S/C13H18N6OS.C2HF3O2/c1-17(2)8-10-7-14-12-3-4-18(5-6-19(10)12)13(20)11-9-21-16-15-11;3-2(4,5)1(6)7/h7,9H,3-6,8H2,1-2H3;(H,6,7). The Morgan fingerprint density at radius 1 is 1.29 bits per heavy atom. The zero-order chi connectivity index (χ0) is 20.9. The van der Waals surface area contributed by atoms with E-state index in [1.807, 2.05) is 25.2 Å². The van der Waals surface area contributed by atoms with Gasteiger partial charge in [-0.3, -0.25) is 4.79 Å². The number of amides is 1. The van der Waals surface area contributed by atoms with Gasteiger partial charge in [-0.1, -0.05) is 4.49 Å². The average molecular weight is 420 g/mol. The van der Waals surface area contributed by atoms with Crippen LogP contribution in [0.3, 0.4) is 0 Å².